The van der Waals surface area contributed by atoms with Crippen LogP contribution in [0.3, 0.4) is 0 Å². The van der Waals surface area contributed by atoms with Crippen molar-refractivity contribution in [3.63, 3.8) is 0 Å². The van der Waals surface area contributed by atoms with Crippen molar-refractivity contribution >= 4 is 17.6 Å². The van der Waals surface area contributed by atoms with E-state index < -0.39 is 11.6 Å². The molecule has 28 heavy (non-hydrogen) atoms. The summed E-state index contributed by atoms with van der Waals surface area (Å²) in [6.07, 6.45) is 0. The summed E-state index contributed by atoms with van der Waals surface area (Å²) in [4.78, 5) is 12.9. The van der Waals surface area contributed by atoms with Crippen molar-refractivity contribution in [3.8, 4) is 16.9 Å². The van der Waals surface area contributed by atoms with E-state index in [0.29, 0.717) is 22.9 Å². The van der Waals surface area contributed by atoms with Gasteiger partial charge < -0.3 is 9.47 Å². The average molecular weight is 395 g/mol. The normalized spacial score (nSPS) is 11.1. The number of rotatable bonds is 5. The standard InChI is InChI=1S/C24H23ClO3/c1-24(2,3)28-23(26)22-15-20(27-16-17-8-5-4-6-9-17)12-13-21(22)18-10-7-11-19(25)14-18/h4-15H,16H2,1-3H3. The first kappa shape index (κ1) is 20.0. The van der Waals surface area contributed by atoms with E-state index in [0.717, 1.165) is 16.7 Å². The van der Waals surface area contributed by atoms with Crippen molar-refractivity contribution < 1.29 is 14.3 Å². The van der Waals surface area contributed by atoms with Crippen molar-refractivity contribution in [3.05, 3.63) is 88.9 Å². The van der Waals surface area contributed by atoms with Gasteiger partial charge in [0, 0.05) is 5.02 Å². The van der Waals surface area contributed by atoms with Crippen molar-refractivity contribution in [1.29, 1.82) is 0 Å². The molecular formula is C24H23ClO3. The minimum absolute atomic E-state index is 0.396. The van der Waals surface area contributed by atoms with Gasteiger partial charge in [-0.3, -0.25) is 0 Å². The number of hydrogen-bond acceptors (Lipinski definition) is 3. The van der Waals surface area contributed by atoms with Gasteiger partial charge in [0.2, 0.25) is 0 Å². The molecule has 0 aliphatic carbocycles. The molecule has 0 heterocycles. The van der Waals surface area contributed by atoms with Crippen molar-refractivity contribution in [2.24, 2.45) is 0 Å². The highest BCUT2D eigenvalue weighted by Gasteiger charge is 2.22. The first-order chi connectivity index (χ1) is 13.3. The van der Waals surface area contributed by atoms with Crippen LogP contribution in [0.1, 0.15) is 36.7 Å². The van der Waals surface area contributed by atoms with Gasteiger partial charge in [-0.25, -0.2) is 4.79 Å². The number of hydrogen-bond donors (Lipinski definition) is 0. The van der Waals surface area contributed by atoms with Crippen LogP contribution in [0.5, 0.6) is 5.75 Å². The third-order valence-electron chi connectivity index (χ3n) is 3.99. The van der Waals surface area contributed by atoms with Gasteiger partial charge in [-0.1, -0.05) is 54.1 Å². The molecule has 3 rings (SSSR count). The quantitative estimate of drug-likeness (QED) is 0.461. The summed E-state index contributed by atoms with van der Waals surface area (Å²) in [5, 5.41) is 0.608. The number of benzene rings is 3. The van der Waals surface area contributed by atoms with E-state index in [1.807, 2.05) is 81.4 Å². The molecule has 144 valence electrons. The largest absolute Gasteiger partial charge is 0.489 e. The van der Waals surface area contributed by atoms with Gasteiger partial charge in [0.1, 0.15) is 18.0 Å². The van der Waals surface area contributed by atoms with Crippen LogP contribution < -0.4 is 4.74 Å². The molecule has 3 aromatic rings. The summed E-state index contributed by atoms with van der Waals surface area (Å²) >= 11 is 6.14. The Morgan fingerprint density at radius 1 is 0.929 bits per heavy atom. The van der Waals surface area contributed by atoms with Gasteiger partial charge in [0.15, 0.2) is 0 Å². The maximum Gasteiger partial charge on any atom is 0.339 e. The molecule has 0 bridgehead atoms. The third-order valence-corrected chi connectivity index (χ3v) is 4.23. The third kappa shape index (κ3) is 5.37. The van der Waals surface area contributed by atoms with Gasteiger partial charge in [0.25, 0.3) is 0 Å². The molecule has 0 aliphatic rings. The van der Waals surface area contributed by atoms with E-state index in [4.69, 9.17) is 21.1 Å². The molecule has 0 radical (unpaired) electrons. The maximum atomic E-state index is 12.9. The van der Waals surface area contributed by atoms with Crippen LogP contribution in [0.4, 0.5) is 0 Å². The first-order valence-electron chi connectivity index (χ1n) is 9.12. The van der Waals surface area contributed by atoms with Gasteiger partial charge in [-0.2, -0.15) is 0 Å². The van der Waals surface area contributed by atoms with E-state index in [9.17, 15) is 4.79 Å². The zero-order valence-corrected chi connectivity index (χ0v) is 17.0. The Morgan fingerprint density at radius 3 is 2.36 bits per heavy atom. The van der Waals surface area contributed by atoms with Crippen LogP contribution in [-0.2, 0) is 11.3 Å². The monoisotopic (exact) mass is 394 g/mol. The number of ether oxygens (including phenoxy) is 2. The molecule has 3 nitrogen and oxygen atoms in total. The summed E-state index contributed by atoms with van der Waals surface area (Å²) in [6.45, 7) is 5.96. The molecule has 0 fully saturated rings. The molecule has 0 saturated carbocycles. The van der Waals surface area contributed by atoms with Gasteiger partial charge in [-0.15, -0.1) is 0 Å². The number of esters is 1. The van der Waals surface area contributed by atoms with Crippen molar-refractivity contribution in [2.45, 2.75) is 33.0 Å². The molecule has 0 aliphatic heterocycles. The second-order valence-corrected chi connectivity index (χ2v) is 7.93. The molecule has 0 saturated heterocycles. The fraction of sp³-hybridized carbons (Fsp3) is 0.208. The molecule has 0 atom stereocenters. The van der Waals surface area contributed by atoms with E-state index in [2.05, 4.69) is 0 Å². The summed E-state index contributed by atoms with van der Waals surface area (Å²) < 4.78 is 11.5. The number of carbonyl (C=O) groups excluding carboxylic acids is 1. The highest BCUT2D eigenvalue weighted by atomic mass is 35.5. The highest BCUT2D eigenvalue weighted by molar-refractivity contribution is 6.30. The second kappa shape index (κ2) is 8.49. The van der Waals surface area contributed by atoms with E-state index >= 15 is 0 Å². The van der Waals surface area contributed by atoms with Crippen LogP contribution >= 0.6 is 11.6 Å². The molecule has 0 amide bonds. The molecule has 4 heteroatoms. The number of halogens is 1. The van der Waals surface area contributed by atoms with Crippen LogP contribution in [0.25, 0.3) is 11.1 Å². The molecule has 0 N–H and O–H groups in total. The smallest absolute Gasteiger partial charge is 0.339 e. The lowest BCUT2D eigenvalue weighted by Gasteiger charge is -2.21. The Balaban J connectivity index is 1.94. The Morgan fingerprint density at radius 2 is 1.68 bits per heavy atom. The predicted molar refractivity (Wildman–Crippen MR) is 113 cm³/mol. The number of carbonyl (C=O) groups is 1. The summed E-state index contributed by atoms with van der Waals surface area (Å²) in [6, 6.07) is 22.7. The SMILES string of the molecule is CC(C)(C)OC(=O)c1cc(OCc2ccccc2)ccc1-c1cccc(Cl)c1. The molecule has 3 aromatic carbocycles. The van der Waals surface area contributed by atoms with Crippen LogP contribution in [0.15, 0.2) is 72.8 Å². The van der Waals surface area contributed by atoms with E-state index in [-0.39, 0.29) is 0 Å². The van der Waals surface area contributed by atoms with Crippen LogP contribution in [-0.4, -0.2) is 11.6 Å². The lowest BCUT2D eigenvalue weighted by Crippen LogP contribution is -2.24. The van der Waals surface area contributed by atoms with Gasteiger partial charge in [-0.05, 0) is 67.8 Å². The molecule has 0 unspecified atom stereocenters. The molecule has 0 aromatic heterocycles. The molecular weight excluding hydrogens is 372 g/mol. The highest BCUT2D eigenvalue weighted by Crippen LogP contribution is 2.31. The van der Waals surface area contributed by atoms with E-state index in [1.165, 1.54) is 0 Å². The Bertz CT molecular complexity index is 959. The van der Waals surface area contributed by atoms with Gasteiger partial charge >= 0.3 is 5.97 Å². The predicted octanol–water partition coefficient (Wildman–Crippen LogP) is 6.54. The fourth-order valence-corrected chi connectivity index (χ4v) is 2.95. The Labute approximate surface area is 170 Å². The topological polar surface area (TPSA) is 35.5 Å². The lowest BCUT2D eigenvalue weighted by atomic mass is 9.99. The Kier molecular flexibility index (Phi) is 6.05. The lowest BCUT2D eigenvalue weighted by molar-refractivity contribution is 0.00700. The Hall–Kier alpha value is -2.78. The summed E-state index contributed by atoms with van der Waals surface area (Å²) in [7, 11) is 0. The fourth-order valence-electron chi connectivity index (χ4n) is 2.76. The minimum Gasteiger partial charge on any atom is -0.489 e. The van der Waals surface area contributed by atoms with Gasteiger partial charge in [0.05, 0.1) is 5.56 Å². The first-order valence-corrected chi connectivity index (χ1v) is 9.50. The summed E-state index contributed by atoms with van der Waals surface area (Å²) in [5.74, 6) is 0.211. The van der Waals surface area contributed by atoms with Crippen LogP contribution in [0.2, 0.25) is 5.02 Å². The summed E-state index contributed by atoms with van der Waals surface area (Å²) in [5.41, 5.74) is 2.51. The maximum absolute atomic E-state index is 12.9. The second-order valence-electron chi connectivity index (χ2n) is 7.49. The van der Waals surface area contributed by atoms with E-state index in [1.54, 1.807) is 12.1 Å². The zero-order valence-electron chi connectivity index (χ0n) is 16.2. The minimum atomic E-state index is -0.594. The van der Waals surface area contributed by atoms with Crippen molar-refractivity contribution in [2.75, 3.05) is 0 Å². The van der Waals surface area contributed by atoms with Crippen molar-refractivity contribution in [1.82, 2.24) is 0 Å². The molecule has 0 spiro atoms. The zero-order chi connectivity index (χ0) is 20.1. The average Bonchev–Trinajstić information content (AvgIpc) is 2.65. The van der Waals surface area contributed by atoms with Crippen LogP contribution in [0, 0.1) is 0 Å².